The molecule has 0 aliphatic carbocycles. The van der Waals surface area contributed by atoms with Crippen LogP contribution in [0.25, 0.3) is 0 Å². The molecule has 0 aromatic heterocycles. The summed E-state index contributed by atoms with van der Waals surface area (Å²) in [5.41, 5.74) is -0.628. The maximum atomic E-state index is 11.3. The first-order chi connectivity index (χ1) is 6.44. The largest absolute Gasteiger partial charge is 0.468 e. The van der Waals surface area contributed by atoms with Gasteiger partial charge in [0.15, 0.2) is 0 Å². The van der Waals surface area contributed by atoms with Crippen LogP contribution in [0.5, 0.6) is 0 Å². The predicted molar refractivity (Wildman–Crippen MR) is 55.1 cm³/mol. The molecule has 14 heavy (non-hydrogen) atoms. The van der Waals surface area contributed by atoms with E-state index >= 15 is 0 Å². The van der Waals surface area contributed by atoms with Gasteiger partial charge >= 0.3 is 5.97 Å². The summed E-state index contributed by atoms with van der Waals surface area (Å²) in [6, 6.07) is 0. The number of carbonyl (C=O) groups excluding carboxylic acids is 1. The third-order valence-electron chi connectivity index (χ3n) is 2.04. The molecule has 84 valence electrons. The van der Waals surface area contributed by atoms with Crippen LogP contribution in [0.2, 0.25) is 0 Å². The van der Waals surface area contributed by atoms with Crippen LogP contribution in [0.3, 0.4) is 0 Å². The maximum absolute atomic E-state index is 11.3. The van der Waals surface area contributed by atoms with Gasteiger partial charge in [0.1, 0.15) is 5.54 Å². The van der Waals surface area contributed by atoms with Crippen molar-refractivity contribution in [2.45, 2.75) is 26.3 Å². The Balaban J connectivity index is 3.92. The molecular formula is C10H21NO3. The van der Waals surface area contributed by atoms with Gasteiger partial charge in [-0.15, -0.1) is 0 Å². The molecule has 0 radical (unpaired) electrons. The predicted octanol–water partition coefficient (Wildman–Crippen LogP) is 0.810. The molecule has 0 aliphatic heterocycles. The van der Waals surface area contributed by atoms with Gasteiger partial charge in [-0.3, -0.25) is 4.79 Å². The van der Waals surface area contributed by atoms with Crippen molar-refractivity contribution in [3.8, 4) is 0 Å². The highest BCUT2D eigenvalue weighted by Gasteiger charge is 2.28. The quantitative estimate of drug-likeness (QED) is 0.649. The van der Waals surface area contributed by atoms with Crippen LogP contribution < -0.4 is 5.32 Å². The van der Waals surface area contributed by atoms with Gasteiger partial charge in [-0.25, -0.2) is 0 Å². The van der Waals surface area contributed by atoms with Crippen LogP contribution in [-0.4, -0.2) is 38.9 Å². The smallest absolute Gasteiger partial charge is 0.325 e. The number of methoxy groups -OCH3 is 2. The topological polar surface area (TPSA) is 47.6 Å². The van der Waals surface area contributed by atoms with Crippen molar-refractivity contribution < 1.29 is 14.3 Å². The van der Waals surface area contributed by atoms with E-state index in [4.69, 9.17) is 4.74 Å². The third kappa shape index (κ3) is 4.58. The number of esters is 1. The molecule has 0 bridgehead atoms. The molecule has 0 amide bonds. The molecule has 4 nitrogen and oxygen atoms in total. The van der Waals surface area contributed by atoms with Crippen molar-refractivity contribution in [1.82, 2.24) is 5.32 Å². The van der Waals surface area contributed by atoms with Crippen molar-refractivity contribution in [2.75, 3.05) is 27.4 Å². The Morgan fingerprint density at radius 2 is 2.00 bits per heavy atom. The molecule has 1 unspecified atom stereocenters. The van der Waals surface area contributed by atoms with Crippen molar-refractivity contribution in [2.24, 2.45) is 5.92 Å². The van der Waals surface area contributed by atoms with E-state index in [1.807, 2.05) is 0 Å². The van der Waals surface area contributed by atoms with Gasteiger partial charge in [-0.2, -0.15) is 0 Å². The summed E-state index contributed by atoms with van der Waals surface area (Å²) in [6.45, 7) is 7.08. The van der Waals surface area contributed by atoms with E-state index in [1.54, 1.807) is 21.0 Å². The van der Waals surface area contributed by atoms with Crippen molar-refractivity contribution in [3.63, 3.8) is 0 Å². The lowest BCUT2D eigenvalue weighted by molar-refractivity contribution is -0.147. The maximum Gasteiger partial charge on any atom is 0.325 e. The molecule has 0 fully saturated rings. The van der Waals surface area contributed by atoms with Crippen LogP contribution >= 0.6 is 0 Å². The molecule has 0 spiro atoms. The molecule has 0 saturated carbocycles. The standard InChI is InChI=1S/C10H21NO3/c1-8(7-13-4)6-11-10(2,3)9(12)14-5/h8,11H,6-7H2,1-5H3. The molecular weight excluding hydrogens is 182 g/mol. The molecule has 0 aromatic carbocycles. The number of nitrogens with one attached hydrogen (secondary N) is 1. The first-order valence-electron chi connectivity index (χ1n) is 4.76. The zero-order valence-corrected chi connectivity index (χ0v) is 9.72. The molecule has 1 N–H and O–H groups in total. The summed E-state index contributed by atoms with van der Waals surface area (Å²) >= 11 is 0. The minimum Gasteiger partial charge on any atom is -0.468 e. The van der Waals surface area contributed by atoms with Crippen LogP contribution in [0.1, 0.15) is 20.8 Å². The summed E-state index contributed by atoms with van der Waals surface area (Å²) in [5, 5.41) is 3.14. The highest BCUT2D eigenvalue weighted by atomic mass is 16.5. The monoisotopic (exact) mass is 203 g/mol. The number of hydrogen-bond acceptors (Lipinski definition) is 4. The van der Waals surface area contributed by atoms with E-state index in [1.165, 1.54) is 7.11 Å². The lowest BCUT2D eigenvalue weighted by Gasteiger charge is -2.25. The van der Waals surface area contributed by atoms with Crippen molar-refractivity contribution in [1.29, 1.82) is 0 Å². The Bertz CT molecular complexity index is 180. The zero-order valence-electron chi connectivity index (χ0n) is 9.72. The fraction of sp³-hybridized carbons (Fsp3) is 0.900. The number of rotatable bonds is 6. The Labute approximate surface area is 86.0 Å². The Morgan fingerprint density at radius 1 is 1.43 bits per heavy atom. The zero-order chi connectivity index (χ0) is 11.2. The van der Waals surface area contributed by atoms with Gasteiger partial charge in [-0.1, -0.05) is 6.92 Å². The van der Waals surface area contributed by atoms with Gasteiger partial charge < -0.3 is 14.8 Å². The van der Waals surface area contributed by atoms with Crippen molar-refractivity contribution in [3.05, 3.63) is 0 Å². The SMILES string of the molecule is COCC(C)CNC(C)(C)C(=O)OC. The summed E-state index contributed by atoms with van der Waals surface area (Å²) < 4.78 is 9.67. The number of carbonyl (C=O) groups is 1. The second kappa shape index (κ2) is 5.98. The molecule has 0 aliphatic rings. The minimum absolute atomic E-state index is 0.248. The Kier molecular flexibility index (Phi) is 5.72. The van der Waals surface area contributed by atoms with E-state index in [2.05, 4.69) is 17.0 Å². The fourth-order valence-corrected chi connectivity index (χ4v) is 1.10. The molecule has 0 saturated heterocycles. The average Bonchev–Trinajstić information content (AvgIpc) is 2.14. The van der Waals surface area contributed by atoms with E-state index in [9.17, 15) is 4.79 Å². The van der Waals surface area contributed by atoms with Gasteiger partial charge in [0.2, 0.25) is 0 Å². The van der Waals surface area contributed by atoms with Gasteiger partial charge in [0, 0.05) is 20.3 Å². The molecule has 0 rings (SSSR count). The number of hydrogen-bond donors (Lipinski definition) is 1. The van der Waals surface area contributed by atoms with Gasteiger partial charge in [-0.05, 0) is 19.8 Å². The van der Waals surface area contributed by atoms with E-state index in [0.29, 0.717) is 12.5 Å². The second-order valence-electron chi connectivity index (χ2n) is 4.06. The first kappa shape index (κ1) is 13.4. The van der Waals surface area contributed by atoms with E-state index in [0.717, 1.165) is 6.54 Å². The normalized spacial score (nSPS) is 13.8. The summed E-state index contributed by atoms with van der Waals surface area (Å²) in [7, 11) is 3.06. The van der Waals surface area contributed by atoms with Crippen LogP contribution in [0, 0.1) is 5.92 Å². The first-order valence-corrected chi connectivity index (χ1v) is 4.76. The van der Waals surface area contributed by atoms with E-state index in [-0.39, 0.29) is 5.97 Å². The second-order valence-corrected chi connectivity index (χ2v) is 4.06. The Hall–Kier alpha value is -0.610. The lowest BCUT2D eigenvalue weighted by atomic mass is 10.0. The average molecular weight is 203 g/mol. The van der Waals surface area contributed by atoms with Gasteiger partial charge in [0.05, 0.1) is 7.11 Å². The van der Waals surface area contributed by atoms with Crippen LogP contribution in [0.15, 0.2) is 0 Å². The summed E-state index contributed by atoms with van der Waals surface area (Å²) in [6.07, 6.45) is 0. The molecule has 4 heteroatoms. The number of ether oxygens (including phenoxy) is 2. The Morgan fingerprint density at radius 3 is 2.43 bits per heavy atom. The fourth-order valence-electron chi connectivity index (χ4n) is 1.10. The third-order valence-corrected chi connectivity index (χ3v) is 2.04. The minimum atomic E-state index is -0.628. The molecule has 0 aromatic rings. The van der Waals surface area contributed by atoms with Crippen LogP contribution in [-0.2, 0) is 14.3 Å². The van der Waals surface area contributed by atoms with Crippen LogP contribution in [0.4, 0.5) is 0 Å². The van der Waals surface area contributed by atoms with E-state index < -0.39 is 5.54 Å². The van der Waals surface area contributed by atoms with Crippen molar-refractivity contribution >= 4 is 5.97 Å². The lowest BCUT2D eigenvalue weighted by Crippen LogP contribution is -2.49. The summed E-state index contributed by atoms with van der Waals surface area (Å²) in [4.78, 5) is 11.3. The van der Waals surface area contributed by atoms with Gasteiger partial charge in [0.25, 0.3) is 0 Å². The highest BCUT2D eigenvalue weighted by Crippen LogP contribution is 2.05. The highest BCUT2D eigenvalue weighted by molar-refractivity contribution is 5.79. The molecule has 0 heterocycles. The summed E-state index contributed by atoms with van der Waals surface area (Å²) in [5.74, 6) is 0.131. The molecule has 1 atom stereocenters.